The highest BCUT2D eigenvalue weighted by atomic mass is 16.5. The van der Waals surface area contributed by atoms with Crippen LogP contribution in [0.25, 0.3) is 0 Å². The van der Waals surface area contributed by atoms with Gasteiger partial charge in [0.25, 0.3) is 0 Å². The maximum atomic E-state index is 12.2. The fourth-order valence-electron chi connectivity index (χ4n) is 2.46. The van der Waals surface area contributed by atoms with Crippen LogP contribution in [0.3, 0.4) is 0 Å². The topological polar surface area (TPSA) is 55.4 Å². The van der Waals surface area contributed by atoms with Crippen LogP contribution in [0.4, 0.5) is 0 Å². The second-order valence-corrected chi connectivity index (χ2v) is 5.82. The van der Waals surface area contributed by atoms with Crippen molar-refractivity contribution >= 4 is 11.9 Å². The summed E-state index contributed by atoms with van der Waals surface area (Å²) in [6, 6.07) is 17.0. The Morgan fingerprint density at radius 3 is 2.29 bits per heavy atom. The monoisotopic (exact) mass is 325 g/mol. The van der Waals surface area contributed by atoms with Crippen molar-refractivity contribution in [2.75, 3.05) is 7.11 Å². The Balaban J connectivity index is 1.93. The molecule has 1 atom stereocenters. The van der Waals surface area contributed by atoms with E-state index < -0.39 is 12.0 Å². The fraction of sp³-hybridized carbons (Fsp3) is 0.300. The van der Waals surface area contributed by atoms with Gasteiger partial charge in [-0.05, 0) is 24.5 Å². The number of benzene rings is 2. The largest absolute Gasteiger partial charge is 0.467 e. The van der Waals surface area contributed by atoms with Gasteiger partial charge in [0.1, 0.15) is 6.04 Å². The molecule has 2 aromatic carbocycles. The van der Waals surface area contributed by atoms with Crippen molar-refractivity contribution in [1.82, 2.24) is 5.32 Å². The van der Waals surface area contributed by atoms with Crippen LogP contribution in [-0.4, -0.2) is 25.0 Å². The zero-order valence-corrected chi connectivity index (χ0v) is 14.1. The molecule has 1 N–H and O–H groups in total. The Kier molecular flexibility index (Phi) is 6.55. The number of esters is 1. The summed E-state index contributed by atoms with van der Waals surface area (Å²) >= 11 is 0. The first-order valence-corrected chi connectivity index (χ1v) is 8.05. The number of hydrogen-bond acceptors (Lipinski definition) is 3. The number of aryl methyl sites for hydroxylation is 2. The highest BCUT2D eigenvalue weighted by Crippen LogP contribution is 2.08. The Morgan fingerprint density at radius 1 is 1.00 bits per heavy atom. The summed E-state index contributed by atoms with van der Waals surface area (Å²) in [7, 11) is 1.33. The van der Waals surface area contributed by atoms with Crippen molar-refractivity contribution in [3.63, 3.8) is 0 Å². The molecule has 0 unspecified atom stereocenters. The third-order valence-corrected chi connectivity index (χ3v) is 3.86. The summed E-state index contributed by atoms with van der Waals surface area (Å²) in [4.78, 5) is 24.1. The lowest BCUT2D eigenvalue weighted by Crippen LogP contribution is -2.43. The van der Waals surface area contributed by atoms with E-state index in [1.807, 2.05) is 61.5 Å². The van der Waals surface area contributed by atoms with E-state index in [2.05, 4.69) is 5.32 Å². The van der Waals surface area contributed by atoms with E-state index in [1.165, 1.54) is 7.11 Å². The van der Waals surface area contributed by atoms with E-state index in [1.54, 1.807) is 0 Å². The zero-order valence-electron chi connectivity index (χ0n) is 14.1. The molecule has 0 radical (unpaired) electrons. The molecule has 0 bridgehead atoms. The first kappa shape index (κ1) is 17.7. The summed E-state index contributed by atoms with van der Waals surface area (Å²) in [5.41, 5.74) is 3.24. The fourth-order valence-corrected chi connectivity index (χ4v) is 2.46. The van der Waals surface area contributed by atoms with E-state index >= 15 is 0 Å². The lowest BCUT2D eigenvalue weighted by molar-refractivity contribution is -0.145. The van der Waals surface area contributed by atoms with Crippen molar-refractivity contribution in [2.24, 2.45) is 0 Å². The zero-order chi connectivity index (χ0) is 17.4. The standard InChI is InChI=1S/C20H23NO3/c1-15-8-10-17(11-9-15)14-18(20(23)24-2)21-19(22)13-12-16-6-4-3-5-7-16/h3-11,18H,12-14H2,1-2H3,(H,21,22)/t18-/m0/s1. The highest BCUT2D eigenvalue weighted by molar-refractivity contribution is 5.84. The minimum absolute atomic E-state index is 0.152. The molecule has 2 rings (SSSR count). The second kappa shape index (κ2) is 8.87. The molecule has 24 heavy (non-hydrogen) atoms. The van der Waals surface area contributed by atoms with E-state index in [0.717, 1.165) is 16.7 Å². The number of rotatable bonds is 7. The van der Waals surface area contributed by atoms with Gasteiger partial charge in [0.2, 0.25) is 5.91 Å². The number of amides is 1. The molecule has 126 valence electrons. The minimum atomic E-state index is -0.666. The number of hydrogen-bond donors (Lipinski definition) is 1. The molecular weight excluding hydrogens is 302 g/mol. The molecular formula is C20H23NO3. The van der Waals surface area contributed by atoms with Gasteiger partial charge in [-0.3, -0.25) is 4.79 Å². The van der Waals surface area contributed by atoms with Crippen molar-refractivity contribution in [1.29, 1.82) is 0 Å². The summed E-state index contributed by atoms with van der Waals surface area (Å²) in [6.07, 6.45) is 1.40. The molecule has 0 aliphatic heterocycles. The molecule has 0 spiro atoms. The summed E-state index contributed by atoms with van der Waals surface area (Å²) in [5, 5.41) is 2.79. The lowest BCUT2D eigenvalue weighted by atomic mass is 10.0. The second-order valence-electron chi connectivity index (χ2n) is 5.82. The molecule has 0 fully saturated rings. The maximum absolute atomic E-state index is 12.2. The summed E-state index contributed by atoms with van der Waals surface area (Å²) in [5.74, 6) is -0.579. The van der Waals surface area contributed by atoms with E-state index in [9.17, 15) is 9.59 Å². The van der Waals surface area contributed by atoms with E-state index in [0.29, 0.717) is 19.3 Å². The van der Waals surface area contributed by atoms with Gasteiger partial charge in [0, 0.05) is 12.8 Å². The predicted molar refractivity (Wildman–Crippen MR) is 93.6 cm³/mol. The van der Waals surface area contributed by atoms with Crippen molar-refractivity contribution in [2.45, 2.75) is 32.2 Å². The van der Waals surface area contributed by atoms with Crippen LogP contribution < -0.4 is 5.32 Å². The molecule has 4 heteroatoms. The van der Waals surface area contributed by atoms with Crippen molar-refractivity contribution in [3.05, 3.63) is 71.3 Å². The van der Waals surface area contributed by atoms with Gasteiger partial charge in [-0.15, -0.1) is 0 Å². The molecule has 0 aliphatic rings. The quantitative estimate of drug-likeness (QED) is 0.797. The molecule has 0 aliphatic carbocycles. The van der Waals surface area contributed by atoms with Crippen LogP contribution in [0.15, 0.2) is 54.6 Å². The Bertz CT molecular complexity index is 665. The van der Waals surface area contributed by atoms with Crippen LogP contribution in [0.1, 0.15) is 23.1 Å². The molecule has 1 amide bonds. The Hall–Kier alpha value is -2.62. The highest BCUT2D eigenvalue weighted by Gasteiger charge is 2.21. The van der Waals surface area contributed by atoms with Crippen molar-refractivity contribution in [3.8, 4) is 0 Å². The molecule has 0 saturated carbocycles. The van der Waals surface area contributed by atoms with E-state index in [4.69, 9.17) is 4.74 Å². The van der Waals surface area contributed by atoms with Crippen LogP contribution in [0.2, 0.25) is 0 Å². The third kappa shape index (κ3) is 5.54. The van der Waals surface area contributed by atoms with Gasteiger partial charge in [0.15, 0.2) is 0 Å². The molecule has 4 nitrogen and oxygen atoms in total. The molecule has 2 aromatic rings. The van der Waals surface area contributed by atoms with Gasteiger partial charge >= 0.3 is 5.97 Å². The smallest absolute Gasteiger partial charge is 0.328 e. The summed E-state index contributed by atoms with van der Waals surface area (Å²) in [6.45, 7) is 2.01. The number of nitrogens with one attached hydrogen (secondary N) is 1. The van der Waals surface area contributed by atoms with Gasteiger partial charge in [0.05, 0.1) is 7.11 Å². The Labute approximate surface area is 142 Å². The van der Waals surface area contributed by atoms with Crippen LogP contribution in [0.5, 0.6) is 0 Å². The minimum Gasteiger partial charge on any atom is -0.467 e. The predicted octanol–water partition coefficient (Wildman–Crippen LogP) is 2.83. The Morgan fingerprint density at radius 2 is 1.67 bits per heavy atom. The first-order valence-electron chi connectivity index (χ1n) is 8.05. The van der Waals surface area contributed by atoms with Crippen LogP contribution in [0, 0.1) is 6.92 Å². The third-order valence-electron chi connectivity index (χ3n) is 3.86. The first-order chi connectivity index (χ1) is 11.6. The molecule has 0 saturated heterocycles. The maximum Gasteiger partial charge on any atom is 0.328 e. The summed E-state index contributed by atoms with van der Waals surface area (Å²) < 4.78 is 4.82. The number of methoxy groups -OCH3 is 1. The molecule has 0 heterocycles. The SMILES string of the molecule is COC(=O)[C@H](Cc1ccc(C)cc1)NC(=O)CCc1ccccc1. The average molecular weight is 325 g/mol. The van der Waals surface area contributed by atoms with Crippen LogP contribution in [-0.2, 0) is 27.2 Å². The number of carbonyl (C=O) groups excluding carboxylic acids is 2. The number of ether oxygens (including phenoxy) is 1. The average Bonchev–Trinajstić information content (AvgIpc) is 2.61. The normalized spacial score (nSPS) is 11.6. The van der Waals surface area contributed by atoms with Gasteiger partial charge < -0.3 is 10.1 Å². The molecule has 0 aromatic heterocycles. The van der Waals surface area contributed by atoms with Gasteiger partial charge in [-0.1, -0.05) is 60.2 Å². The van der Waals surface area contributed by atoms with Gasteiger partial charge in [-0.2, -0.15) is 0 Å². The van der Waals surface area contributed by atoms with Gasteiger partial charge in [-0.25, -0.2) is 4.79 Å². The lowest BCUT2D eigenvalue weighted by Gasteiger charge is -2.17. The number of carbonyl (C=O) groups is 2. The van der Waals surface area contributed by atoms with Crippen molar-refractivity contribution < 1.29 is 14.3 Å². The van der Waals surface area contributed by atoms with Crippen LogP contribution >= 0.6 is 0 Å². The van der Waals surface area contributed by atoms with E-state index in [-0.39, 0.29) is 5.91 Å².